The van der Waals surface area contributed by atoms with Crippen molar-refractivity contribution in [3.63, 3.8) is 0 Å². The third-order valence-corrected chi connectivity index (χ3v) is 14.2. The summed E-state index contributed by atoms with van der Waals surface area (Å²) in [4.78, 5) is 25.5. The number of allylic oxidation sites excluding steroid dienone is 7. The van der Waals surface area contributed by atoms with E-state index in [1.54, 1.807) is 6.08 Å². The molecule has 0 aliphatic heterocycles. The minimum Gasteiger partial charge on any atom is -0.756 e. The lowest BCUT2D eigenvalue weighted by molar-refractivity contribution is -0.870. The number of nitrogens with one attached hydrogen (secondary N) is 1. The molecule has 0 heterocycles. The maximum atomic E-state index is 13.0. The predicted molar refractivity (Wildman–Crippen MR) is 298 cm³/mol. The molecule has 3 unspecified atom stereocenters. The molecule has 0 saturated carbocycles. The Morgan fingerprint density at radius 2 is 0.841 bits per heavy atom. The van der Waals surface area contributed by atoms with Crippen LogP contribution in [0.2, 0.25) is 0 Å². The smallest absolute Gasteiger partial charge is 0.268 e. The van der Waals surface area contributed by atoms with E-state index in [0.717, 1.165) is 51.4 Å². The van der Waals surface area contributed by atoms with Gasteiger partial charge in [0.05, 0.1) is 39.9 Å². The fraction of sp³-hybridized carbons (Fsp3) is 0.850. The van der Waals surface area contributed by atoms with Gasteiger partial charge in [0.1, 0.15) is 13.2 Å². The molecule has 0 radical (unpaired) electrons. The Bertz CT molecular complexity index is 1260. The zero-order valence-electron chi connectivity index (χ0n) is 46.3. The van der Waals surface area contributed by atoms with Gasteiger partial charge in [-0.2, -0.15) is 0 Å². The summed E-state index contributed by atoms with van der Waals surface area (Å²) in [5, 5.41) is 13.9. The quantitative estimate of drug-likeness (QED) is 0.0272. The van der Waals surface area contributed by atoms with Crippen LogP contribution in [-0.4, -0.2) is 68.5 Å². The highest BCUT2D eigenvalue weighted by atomic mass is 31.2. The summed E-state index contributed by atoms with van der Waals surface area (Å²) in [6, 6.07) is -0.888. The summed E-state index contributed by atoms with van der Waals surface area (Å²) in [6.45, 7) is 4.66. The average molecular weight is 992 g/mol. The van der Waals surface area contributed by atoms with E-state index in [2.05, 4.69) is 55.6 Å². The number of likely N-dealkylation sites (N-methyl/N-ethyl adjacent to an activating group) is 1. The molecule has 8 nitrogen and oxygen atoms in total. The highest BCUT2D eigenvalue weighted by Gasteiger charge is 2.23. The first-order valence-electron chi connectivity index (χ1n) is 29.5. The number of hydrogen-bond donors (Lipinski definition) is 2. The fourth-order valence-corrected chi connectivity index (χ4v) is 9.36. The molecule has 1 amide bonds. The lowest BCUT2D eigenvalue weighted by Crippen LogP contribution is -2.45. The van der Waals surface area contributed by atoms with Crippen LogP contribution in [0.3, 0.4) is 0 Å². The van der Waals surface area contributed by atoms with Gasteiger partial charge in [-0.05, 0) is 57.8 Å². The van der Waals surface area contributed by atoms with Crippen LogP contribution >= 0.6 is 7.82 Å². The number of aliphatic hydroxyl groups excluding tert-OH is 1. The molecule has 69 heavy (non-hydrogen) atoms. The Morgan fingerprint density at radius 3 is 1.22 bits per heavy atom. The minimum atomic E-state index is -4.60. The standard InChI is InChI=1S/C60H115N2O6P/c1-6-8-10-12-14-16-18-20-22-24-26-27-28-29-30-31-32-33-34-35-36-38-40-42-44-46-48-50-52-54-60(64)61-58(57-68-69(65,66)67-56-55-62(3,4)5)59(63)53-51-49-47-45-43-41-39-37-25-23-21-19-17-15-13-11-9-7-2/h18,20,24,26,28-29,51,53,58-59,63H,6-17,19,21-23,25,27,30-50,52,54-57H2,1-5H3,(H-,61,64,65,66)/b20-18-,26-24-,29-28-,53-51+. The molecule has 9 heteroatoms. The predicted octanol–water partition coefficient (Wildman–Crippen LogP) is 17.3. The average Bonchev–Trinajstić information content (AvgIpc) is 3.31. The monoisotopic (exact) mass is 991 g/mol. The van der Waals surface area contributed by atoms with E-state index in [-0.39, 0.29) is 19.1 Å². The van der Waals surface area contributed by atoms with Gasteiger partial charge in [0, 0.05) is 6.42 Å². The molecule has 0 aliphatic rings. The first kappa shape index (κ1) is 67.5. The molecule has 3 atom stereocenters. The van der Waals surface area contributed by atoms with E-state index in [1.165, 1.54) is 205 Å². The maximum Gasteiger partial charge on any atom is 0.268 e. The minimum absolute atomic E-state index is 0.00107. The van der Waals surface area contributed by atoms with Crippen LogP contribution in [0, 0.1) is 0 Å². The zero-order chi connectivity index (χ0) is 50.6. The number of nitrogens with zero attached hydrogens (tertiary/aromatic N) is 1. The lowest BCUT2D eigenvalue weighted by atomic mass is 10.0. The van der Waals surface area contributed by atoms with Crippen LogP contribution in [0.25, 0.3) is 0 Å². The topological polar surface area (TPSA) is 108 Å². The zero-order valence-corrected chi connectivity index (χ0v) is 47.2. The Morgan fingerprint density at radius 1 is 0.507 bits per heavy atom. The van der Waals surface area contributed by atoms with E-state index in [9.17, 15) is 19.4 Å². The Labute approximate surface area is 429 Å². The van der Waals surface area contributed by atoms with E-state index in [0.29, 0.717) is 17.4 Å². The molecular formula is C60H115N2O6P. The number of phosphoric acid groups is 1. The van der Waals surface area contributed by atoms with Gasteiger partial charge in [0.15, 0.2) is 0 Å². The summed E-state index contributed by atoms with van der Waals surface area (Å²) in [6.07, 6.45) is 67.5. The summed E-state index contributed by atoms with van der Waals surface area (Å²) < 4.78 is 23.4. The largest absolute Gasteiger partial charge is 0.756 e. The molecule has 0 aromatic rings. The van der Waals surface area contributed by atoms with Crippen molar-refractivity contribution in [1.29, 1.82) is 0 Å². The summed E-state index contributed by atoms with van der Waals surface area (Å²) in [5.41, 5.74) is 0. The van der Waals surface area contributed by atoms with Crippen molar-refractivity contribution in [3.8, 4) is 0 Å². The Balaban J connectivity index is 4.15. The summed E-state index contributed by atoms with van der Waals surface area (Å²) in [7, 11) is 1.27. The SMILES string of the molecule is CCCCCCC/C=C\C/C=C\C/C=C\CCCCCCCCCCCCCCCCC(=O)NC(COP(=O)([O-])OCC[N+](C)(C)C)C(O)/C=C/CCCCCCCCCCCCCCCCCC. The third kappa shape index (κ3) is 54.1. The number of phosphoric ester groups is 1. The Hall–Kier alpha value is -1.54. The number of unbranched alkanes of at least 4 members (excludes halogenated alkanes) is 35. The summed E-state index contributed by atoms with van der Waals surface area (Å²) >= 11 is 0. The van der Waals surface area contributed by atoms with Crippen LogP contribution in [-0.2, 0) is 18.4 Å². The normalized spacial score (nSPS) is 14.2. The molecule has 0 fully saturated rings. The third-order valence-electron chi connectivity index (χ3n) is 13.3. The van der Waals surface area contributed by atoms with Gasteiger partial charge in [-0.15, -0.1) is 0 Å². The number of quaternary nitrogens is 1. The van der Waals surface area contributed by atoms with E-state index < -0.39 is 20.0 Å². The van der Waals surface area contributed by atoms with Gasteiger partial charge in [-0.1, -0.05) is 262 Å². The van der Waals surface area contributed by atoms with Crippen molar-refractivity contribution in [2.75, 3.05) is 40.9 Å². The molecule has 0 aromatic carbocycles. The molecule has 0 bridgehead atoms. The van der Waals surface area contributed by atoms with Crippen LogP contribution < -0.4 is 10.2 Å². The van der Waals surface area contributed by atoms with Crippen molar-refractivity contribution < 1.29 is 32.9 Å². The number of aliphatic hydroxyl groups is 1. The van der Waals surface area contributed by atoms with Crippen LogP contribution in [0.1, 0.15) is 277 Å². The second-order valence-corrected chi connectivity index (χ2v) is 22.8. The fourth-order valence-electron chi connectivity index (χ4n) is 8.63. The van der Waals surface area contributed by atoms with Crippen molar-refractivity contribution in [1.82, 2.24) is 5.32 Å². The van der Waals surface area contributed by atoms with Crippen LogP contribution in [0.5, 0.6) is 0 Å². The van der Waals surface area contributed by atoms with Crippen LogP contribution in [0.15, 0.2) is 48.6 Å². The molecule has 406 valence electrons. The molecule has 2 N–H and O–H groups in total. The summed E-state index contributed by atoms with van der Waals surface area (Å²) in [5.74, 6) is -0.196. The first-order valence-corrected chi connectivity index (χ1v) is 31.0. The maximum absolute atomic E-state index is 13.0. The number of carbonyl (C=O) groups excluding carboxylic acids is 1. The Kier molecular flexibility index (Phi) is 50.2. The highest BCUT2D eigenvalue weighted by molar-refractivity contribution is 7.45. The van der Waals surface area contributed by atoms with Crippen molar-refractivity contribution in [2.24, 2.45) is 0 Å². The highest BCUT2D eigenvalue weighted by Crippen LogP contribution is 2.38. The lowest BCUT2D eigenvalue weighted by Gasteiger charge is -2.29. The molecule has 0 aromatic heterocycles. The van der Waals surface area contributed by atoms with Gasteiger partial charge in [-0.3, -0.25) is 9.36 Å². The second kappa shape index (κ2) is 51.4. The molecular weight excluding hydrogens is 876 g/mol. The van der Waals surface area contributed by atoms with Gasteiger partial charge in [-0.25, -0.2) is 0 Å². The van der Waals surface area contributed by atoms with Crippen molar-refractivity contribution in [3.05, 3.63) is 48.6 Å². The van der Waals surface area contributed by atoms with Gasteiger partial charge in [0.2, 0.25) is 5.91 Å². The van der Waals surface area contributed by atoms with E-state index in [1.807, 2.05) is 27.2 Å². The van der Waals surface area contributed by atoms with Crippen LogP contribution in [0.4, 0.5) is 0 Å². The molecule has 0 aliphatic carbocycles. The van der Waals surface area contributed by atoms with Crippen molar-refractivity contribution in [2.45, 2.75) is 289 Å². The number of rotatable bonds is 54. The molecule has 0 rings (SSSR count). The number of amides is 1. The van der Waals surface area contributed by atoms with Gasteiger partial charge < -0.3 is 28.8 Å². The van der Waals surface area contributed by atoms with Gasteiger partial charge >= 0.3 is 0 Å². The second-order valence-electron chi connectivity index (χ2n) is 21.4. The van der Waals surface area contributed by atoms with E-state index in [4.69, 9.17) is 9.05 Å². The number of hydrogen-bond acceptors (Lipinski definition) is 6. The van der Waals surface area contributed by atoms with Crippen molar-refractivity contribution >= 4 is 13.7 Å². The number of carbonyl (C=O) groups is 1. The molecule has 0 spiro atoms. The first-order chi connectivity index (χ1) is 33.5. The molecule has 0 saturated heterocycles. The van der Waals surface area contributed by atoms with E-state index >= 15 is 0 Å². The van der Waals surface area contributed by atoms with Gasteiger partial charge in [0.25, 0.3) is 7.82 Å².